The summed E-state index contributed by atoms with van der Waals surface area (Å²) in [5, 5.41) is 6.80. The van der Waals surface area contributed by atoms with Gasteiger partial charge in [-0.2, -0.15) is 5.10 Å². The molecule has 0 aliphatic heterocycles. The van der Waals surface area contributed by atoms with Gasteiger partial charge in [0.2, 0.25) is 0 Å². The summed E-state index contributed by atoms with van der Waals surface area (Å²) in [6.07, 6.45) is 4.04. The van der Waals surface area contributed by atoms with Crippen LogP contribution in [0.1, 0.15) is 22.3 Å². The number of hydrogen-bond donors (Lipinski definition) is 1. The van der Waals surface area contributed by atoms with Crippen LogP contribution in [-0.4, -0.2) is 28.8 Å². The van der Waals surface area contributed by atoms with Gasteiger partial charge in [0, 0.05) is 26.4 Å². The van der Waals surface area contributed by atoms with Crippen molar-refractivity contribution >= 4 is 5.91 Å². The third-order valence-electron chi connectivity index (χ3n) is 2.83. The number of aryl methyl sites for hydroxylation is 1. The van der Waals surface area contributed by atoms with Crippen molar-refractivity contribution in [3.8, 4) is 0 Å². The second-order valence-corrected chi connectivity index (χ2v) is 4.55. The lowest BCUT2D eigenvalue weighted by molar-refractivity contribution is 0.0934. The van der Waals surface area contributed by atoms with Gasteiger partial charge in [-0.25, -0.2) is 0 Å². The molecule has 0 radical (unpaired) electrons. The van der Waals surface area contributed by atoms with Gasteiger partial charge in [0.25, 0.3) is 5.91 Å². The zero-order valence-corrected chi connectivity index (χ0v) is 11.6. The van der Waals surface area contributed by atoms with Crippen LogP contribution >= 0.6 is 0 Å². The predicted octanol–water partition coefficient (Wildman–Crippen LogP) is 1.76. The fourth-order valence-electron chi connectivity index (χ4n) is 1.78. The molecule has 1 aromatic carbocycles. The molecule has 0 unspecified atom stereocenters. The first-order valence-electron chi connectivity index (χ1n) is 6.64. The molecule has 0 aliphatic carbocycles. The molecule has 0 fully saturated rings. The van der Waals surface area contributed by atoms with E-state index in [9.17, 15) is 4.79 Å². The van der Waals surface area contributed by atoms with E-state index in [-0.39, 0.29) is 5.91 Å². The molecule has 0 bridgehead atoms. The molecule has 5 nitrogen and oxygen atoms in total. The molecule has 2 aromatic rings. The second-order valence-electron chi connectivity index (χ2n) is 4.55. The zero-order chi connectivity index (χ0) is 14.2. The van der Waals surface area contributed by atoms with Crippen LogP contribution in [0.15, 0.2) is 42.7 Å². The number of benzene rings is 1. The molecule has 5 heteroatoms. The first kappa shape index (κ1) is 14.3. The van der Waals surface area contributed by atoms with Crippen molar-refractivity contribution in [3.63, 3.8) is 0 Å². The SMILES string of the molecule is Cn1cc(C(=O)NCCCOCc2ccccc2)cn1. The molecule has 0 aliphatic rings. The smallest absolute Gasteiger partial charge is 0.254 e. The zero-order valence-electron chi connectivity index (χ0n) is 11.6. The lowest BCUT2D eigenvalue weighted by atomic mass is 10.2. The molecule has 20 heavy (non-hydrogen) atoms. The lowest BCUT2D eigenvalue weighted by Gasteiger charge is -2.05. The number of nitrogens with one attached hydrogen (secondary N) is 1. The molecule has 0 saturated carbocycles. The molecule has 1 heterocycles. The maximum Gasteiger partial charge on any atom is 0.254 e. The minimum absolute atomic E-state index is 0.0961. The van der Waals surface area contributed by atoms with Crippen molar-refractivity contribution in [2.45, 2.75) is 13.0 Å². The van der Waals surface area contributed by atoms with Crippen LogP contribution in [-0.2, 0) is 18.4 Å². The normalized spacial score (nSPS) is 10.4. The van der Waals surface area contributed by atoms with Crippen molar-refractivity contribution in [1.29, 1.82) is 0 Å². The quantitative estimate of drug-likeness (QED) is 0.782. The Kier molecular flexibility index (Phi) is 5.32. The summed E-state index contributed by atoms with van der Waals surface area (Å²) in [5.74, 6) is -0.0961. The van der Waals surface area contributed by atoms with Gasteiger partial charge in [-0.3, -0.25) is 9.48 Å². The second kappa shape index (κ2) is 7.45. The Morgan fingerprint density at radius 3 is 2.85 bits per heavy atom. The van der Waals surface area contributed by atoms with Gasteiger partial charge in [0.15, 0.2) is 0 Å². The van der Waals surface area contributed by atoms with Crippen molar-refractivity contribution in [2.24, 2.45) is 7.05 Å². The van der Waals surface area contributed by atoms with Gasteiger partial charge in [-0.1, -0.05) is 30.3 Å². The van der Waals surface area contributed by atoms with Gasteiger partial charge in [0.1, 0.15) is 0 Å². The Bertz CT molecular complexity index is 537. The number of nitrogens with zero attached hydrogens (tertiary/aromatic N) is 2. The van der Waals surface area contributed by atoms with Crippen LogP contribution in [0.25, 0.3) is 0 Å². The van der Waals surface area contributed by atoms with Crippen LogP contribution in [0.4, 0.5) is 0 Å². The highest BCUT2D eigenvalue weighted by Crippen LogP contribution is 2.00. The number of rotatable bonds is 7. The minimum atomic E-state index is -0.0961. The molecule has 0 atom stereocenters. The largest absolute Gasteiger partial charge is 0.377 e. The summed E-state index contributed by atoms with van der Waals surface area (Å²) in [6.45, 7) is 1.84. The standard InChI is InChI=1S/C15H19N3O2/c1-18-11-14(10-17-18)15(19)16-8-5-9-20-12-13-6-3-2-4-7-13/h2-4,6-7,10-11H,5,8-9,12H2,1H3,(H,16,19). The fourth-order valence-corrected chi connectivity index (χ4v) is 1.78. The summed E-state index contributed by atoms with van der Waals surface area (Å²) in [5.41, 5.74) is 1.74. The monoisotopic (exact) mass is 273 g/mol. The lowest BCUT2D eigenvalue weighted by Crippen LogP contribution is -2.24. The molecular weight excluding hydrogens is 254 g/mol. The van der Waals surface area contributed by atoms with Gasteiger partial charge in [-0.15, -0.1) is 0 Å². The number of amides is 1. The maximum atomic E-state index is 11.7. The molecule has 106 valence electrons. The van der Waals surface area contributed by atoms with Crippen LogP contribution in [0, 0.1) is 0 Å². The van der Waals surface area contributed by atoms with Gasteiger partial charge < -0.3 is 10.1 Å². The summed E-state index contributed by atoms with van der Waals surface area (Å²) in [6, 6.07) is 10.0. The van der Waals surface area contributed by atoms with Crippen molar-refractivity contribution < 1.29 is 9.53 Å². The third kappa shape index (κ3) is 4.51. The Morgan fingerprint density at radius 1 is 1.35 bits per heavy atom. The molecular formula is C15H19N3O2. The number of hydrogen-bond acceptors (Lipinski definition) is 3. The van der Waals surface area contributed by atoms with Gasteiger partial charge >= 0.3 is 0 Å². The van der Waals surface area contributed by atoms with Crippen molar-refractivity contribution in [2.75, 3.05) is 13.2 Å². The Balaban J connectivity index is 1.57. The first-order chi connectivity index (χ1) is 9.75. The summed E-state index contributed by atoms with van der Waals surface area (Å²) < 4.78 is 7.15. The van der Waals surface area contributed by atoms with E-state index in [1.165, 1.54) is 0 Å². The van der Waals surface area contributed by atoms with Gasteiger partial charge in [0.05, 0.1) is 18.4 Å². The highest BCUT2D eigenvalue weighted by Gasteiger charge is 2.06. The average molecular weight is 273 g/mol. The maximum absolute atomic E-state index is 11.7. The predicted molar refractivity (Wildman–Crippen MR) is 76.3 cm³/mol. The van der Waals surface area contributed by atoms with E-state index in [0.29, 0.717) is 25.3 Å². The van der Waals surface area contributed by atoms with Crippen LogP contribution in [0.5, 0.6) is 0 Å². The van der Waals surface area contributed by atoms with E-state index in [1.807, 2.05) is 30.3 Å². The Labute approximate surface area is 118 Å². The molecule has 1 N–H and O–H groups in total. The Morgan fingerprint density at radius 2 is 2.15 bits per heavy atom. The Hall–Kier alpha value is -2.14. The highest BCUT2D eigenvalue weighted by molar-refractivity contribution is 5.93. The molecule has 0 spiro atoms. The molecule has 2 rings (SSSR count). The summed E-state index contributed by atoms with van der Waals surface area (Å²) >= 11 is 0. The van der Waals surface area contributed by atoms with E-state index in [0.717, 1.165) is 12.0 Å². The third-order valence-corrected chi connectivity index (χ3v) is 2.83. The number of carbonyl (C=O) groups is 1. The van der Waals surface area contributed by atoms with E-state index < -0.39 is 0 Å². The highest BCUT2D eigenvalue weighted by atomic mass is 16.5. The summed E-state index contributed by atoms with van der Waals surface area (Å²) in [7, 11) is 1.79. The van der Waals surface area contributed by atoms with Gasteiger partial charge in [-0.05, 0) is 12.0 Å². The number of aromatic nitrogens is 2. The van der Waals surface area contributed by atoms with E-state index >= 15 is 0 Å². The average Bonchev–Trinajstić information content (AvgIpc) is 2.90. The van der Waals surface area contributed by atoms with Crippen molar-refractivity contribution in [1.82, 2.24) is 15.1 Å². The summed E-state index contributed by atoms with van der Waals surface area (Å²) in [4.78, 5) is 11.7. The van der Waals surface area contributed by atoms with Crippen LogP contribution in [0.3, 0.4) is 0 Å². The molecule has 1 aromatic heterocycles. The van der Waals surface area contributed by atoms with Crippen LogP contribution in [0.2, 0.25) is 0 Å². The number of carbonyl (C=O) groups excluding carboxylic acids is 1. The van der Waals surface area contributed by atoms with Crippen molar-refractivity contribution in [3.05, 3.63) is 53.9 Å². The number of ether oxygens (including phenoxy) is 1. The van der Waals surface area contributed by atoms with E-state index in [4.69, 9.17) is 4.74 Å². The first-order valence-corrected chi connectivity index (χ1v) is 6.64. The van der Waals surface area contributed by atoms with Crippen LogP contribution < -0.4 is 5.32 Å². The molecule has 0 saturated heterocycles. The van der Waals surface area contributed by atoms with E-state index in [2.05, 4.69) is 10.4 Å². The molecule has 1 amide bonds. The van der Waals surface area contributed by atoms with E-state index in [1.54, 1.807) is 24.1 Å². The fraction of sp³-hybridized carbons (Fsp3) is 0.333. The minimum Gasteiger partial charge on any atom is -0.377 e. The topological polar surface area (TPSA) is 56.2 Å².